The lowest BCUT2D eigenvalue weighted by atomic mass is 10.1. The molecule has 2 aromatic rings. The van der Waals surface area contributed by atoms with Crippen LogP contribution >= 0.6 is 38.9 Å². The summed E-state index contributed by atoms with van der Waals surface area (Å²) in [6, 6.07) is 6.90. The summed E-state index contributed by atoms with van der Waals surface area (Å²) in [4.78, 5) is 2.10. The first-order valence-electron chi connectivity index (χ1n) is 5.20. The van der Waals surface area contributed by atoms with Crippen molar-refractivity contribution in [3.05, 3.63) is 54.9 Å². The minimum Gasteiger partial charge on any atom is -0.271 e. The lowest BCUT2D eigenvalue weighted by Gasteiger charge is -2.16. The van der Waals surface area contributed by atoms with Crippen LogP contribution in [-0.4, -0.2) is 0 Å². The Kier molecular flexibility index (Phi) is 4.40. The van der Waals surface area contributed by atoms with E-state index >= 15 is 0 Å². The van der Waals surface area contributed by atoms with Crippen LogP contribution in [0.3, 0.4) is 0 Å². The number of hydrogen-bond acceptors (Lipinski definition) is 3. The van der Waals surface area contributed by atoms with Gasteiger partial charge in [-0.15, -0.1) is 11.3 Å². The summed E-state index contributed by atoms with van der Waals surface area (Å²) in [6.07, 6.45) is 0. The molecule has 0 saturated heterocycles. The van der Waals surface area contributed by atoms with Gasteiger partial charge >= 0.3 is 0 Å². The maximum Gasteiger partial charge on any atom is 0.148 e. The molecule has 0 bridgehead atoms. The lowest BCUT2D eigenvalue weighted by molar-refractivity contribution is 0.564. The van der Waals surface area contributed by atoms with Crippen LogP contribution in [-0.2, 0) is 0 Å². The number of aryl methyl sites for hydroxylation is 1. The molecule has 0 aliphatic heterocycles. The normalized spacial score (nSPS) is 12.7. The summed E-state index contributed by atoms with van der Waals surface area (Å²) in [5.41, 5.74) is 3.07. The second kappa shape index (κ2) is 5.67. The van der Waals surface area contributed by atoms with Crippen molar-refractivity contribution in [1.29, 1.82) is 0 Å². The minimum absolute atomic E-state index is 0.0704. The van der Waals surface area contributed by atoms with Crippen LogP contribution in [0.25, 0.3) is 0 Å². The monoisotopic (exact) mass is 348 g/mol. The Morgan fingerprint density at radius 2 is 2.11 bits per heavy atom. The van der Waals surface area contributed by atoms with Crippen molar-refractivity contribution < 1.29 is 4.39 Å². The third-order valence-corrected chi connectivity index (χ3v) is 4.91. The molecule has 0 aliphatic rings. The van der Waals surface area contributed by atoms with E-state index in [0.717, 1.165) is 9.75 Å². The summed E-state index contributed by atoms with van der Waals surface area (Å²) in [5, 5.41) is 0.0704. The van der Waals surface area contributed by atoms with Crippen molar-refractivity contribution in [1.82, 2.24) is 5.43 Å². The zero-order valence-electron chi connectivity index (χ0n) is 9.51. The molecule has 0 fully saturated rings. The van der Waals surface area contributed by atoms with Gasteiger partial charge in [-0.2, -0.15) is 0 Å². The Morgan fingerprint density at radius 1 is 1.39 bits per heavy atom. The first-order valence-corrected chi connectivity index (χ1v) is 7.19. The Labute approximate surface area is 122 Å². The average Bonchev–Trinajstić information content (AvgIpc) is 2.77. The molecule has 0 radical (unpaired) electrons. The maximum atomic E-state index is 14.1. The second-order valence-corrected chi connectivity index (χ2v) is 6.36. The summed E-state index contributed by atoms with van der Waals surface area (Å²) in [7, 11) is 0. The van der Waals surface area contributed by atoms with Gasteiger partial charge in [-0.05, 0) is 41.1 Å². The van der Waals surface area contributed by atoms with E-state index in [1.807, 2.05) is 19.1 Å². The highest BCUT2D eigenvalue weighted by atomic mass is 79.9. The molecule has 0 amide bonds. The van der Waals surface area contributed by atoms with Gasteiger partial charge in [-0.1, -0.05) is 17.7 Å². The van der Waals surface area contributed by atoms with Gasteiger partial charge in [0.15, 0.2) is 0 Å². The molecule has 18 heavy (non-hydrogen) atoms. The number of hydrazine groups is 1. The molecule has 6 heteroatoms. The third-order valence-electron chi connectivity index (χ3n) is 2.59. The molecule has 1 heterocycles. The smallest absolute Gasteiger partial charge is 0.148 e. The summed E-state index contributed by atoms with van der Waals surface area (Å²) < 4.78 is 14.7. The van der Waals surface area contributed by atoms with E-state index in [4.69, 9.17) is 17.4 Å². The van der Waals surface area contributed by atoms with Gasteiger partial charge in [0.25, 0.3) is 0 Å². The Morgan fingerprint density at radius 3 is 2.67 bits per heavy atom. The third kappa shape index (κ3) is 2.60. The molecule has 1 atom stereocenters. The van der Waals surface area contributed by atoms with E-state index in [-0.39, 0.29) is 5.02 Å². The summed E-state index contributed by atoms with van der Waals surface area (Å²) in [6.45, 7) is 1.99. The number of halogens is 3. The van der Waals surface area contributed by atoms with Gasteiger partial charge in [-0.25, -0.2) is 9.82 Å². The van der Waals surface area contributed by atoms with E-state index in [2.05, 4.69) is 21.4 Å². The fourth-order valence-electron chi connectivity index (χ4n) is 1.70. The van der Waals surface area contributed by atoms with Crippen LogP contribution in [0.2, 0.25) is 5.02 Å². The van der Waals surface area contributed by atoms with Crippen molar-refractivity contribution in [2.24, 2.45) is 5.84 Å². The zero-order valence-corrected chi connectivity index (χ0v) is 12.7. The first-order chi connectivity index (χ1) is 8.54. The Hall–Kier alpha value is -0.460. The van der Waals surface area contributed by atoms with Gasteiger partial charge < -0.3 is 0 Å². The summed E-state index contributed by atoms with van der Waals surface area (Å²) >= 11 is 10.7. The van der Waals surface area contributed by atoms with E-state index in [0.29, 0.717) is 10.0 Å². The topological polar surface area (TPSA) is 38.0 Å². The molecule has 1 aromatic carbocycles. The molecule has 2 rings (SSSR count). The van der Waals surface area contributed by atoms with E-state index < -0.39 is 11.9 Å². The molecule has 0 spiro atoms. The van der Waals surface area contributed by atoms with Crippen molar-refractivity contribution in [3.63, 3.8) is 0 Å². The van der Waals surface area contributed by atoms with Crippen LogP contribution in [0.15, 0.2) is 28.7 Å². The highest BCUT2D eigenvalue weighted by molar-refractivity contribution is 9.10. The van der Waals surface area contributed by atoms with Crippen LogP contribution in [0, 0.1) is 12.7 Å². The first kappa shape index (κ1) is 14.0. The molecular weight excluding hydrogens is 339 g/mol. The molecular formula is C12H11BrClFN2S. The van der Waals surface area contributed by atoms with Gasteiger partial charge in [0.05, 0.1) is 11.1 Å². The zero-order chi connectivity index (χ0) is 13.3. The van der Waals surface area contributed by atoms with Crippen LogP contribution in [0.5, 0.6) is 0 Å². The molecule has 2 nitrogen and oxygen atoms in total. The fraction of sp³-hybridized carbons (Fsp3) is 0.167. The number of nitrogens with two attached hydrogens (primary N) is 1. The predicted octanol–water partition coefficient (Wildman–Crippen LogP) is 4.16. The number of rotatable bonds is 3. The minimum atomic E-state index is -0.458. The van der Waals surface area contributed by atoms with Crippen LogP contribution in [0.4, 0.5) is 4.39 Å². The molecule has 96 valence electrons. The second-order valence-electron chi connectivity index (χ2n) is 3.81. The Balaban J connectivity index is 2.49. The molecule has 1 unspecified atom stereocenters. The van der Waals surface area contributed by atoms with E-state index in [9.17, 15) is 4.39 Å². The molecule has 3 N–H and O–H groups in total. The number of nitrogens with one attached hydrogen (secondary N) is 1. The standard InChI is InChI=1S/C12H11BrClFN2S/c1-6-2-5-9(18-6)12(17-16)7-3-4-8(13)10(14)11(7)15/h2-5,12,17H,16H2,1H3. The Bertz CT molecular complexity index is 573. The largest absolute Gasteiger partial charge is 0.271 e. The van der Waals surface area contributed by atoms with E-state index in [1.54, 1.807) is 23.5 Å². The highest BCUT2D eigenvalue weighted by Gasteiger charge is 2.20. The maximum absolute atomic E-state index is 14.1. The van der Waals surface area contributed by atoms with Crippen LogP contribution < -0.4 is 11.3 Å². The van der Waals surface area contributed by atoms with Gasteiger partial charge in [-0.3, -0.25) is 5.84 Å². The van der Waals surface area contributed by atoms with Crippen LogP contribution in [0.1, 0.15) is 21.4 Å². The number of hydrogen-bond donors (Lipinski definition) is 2. The van der Waals surface area contributed by atoms with Gasteiger partial charge in [0.1, 0.15) is 5.82 Å². The van der Waals surface area contributed by atoms with Crippen molar-refractivity contribution in [2.45, 2.75) is 13.0 Å². The molecule has 0 saturated carbocycles. The number of thiophene rings is 1. The lowest BCUT2D eigenvalue weighted by Crippen LogP contribution is -2.29. The van der Waals surface area contributed by atoms with Crippen molar-refractivity contribution in [3.8, 4) is 0 Å². The molecule has 0 aliphatic carbocycles. The average molecular weight is 350 g/mol. The highest BCUT2D eigenvalue weighted by Crippen LogP contribution is 2.34. The van der Waals surface area contributed by atoms with Gasteiger partial charge in [0.2, 0.25) is 0 Å². The van der Waals surface area contributed by atoms with E-state index in [1.165, 1.54) is 0 Å². The molecule has 1 aromatic heterocycles. The summed E-state index contributed by atoms with van der Waals surface area (Å²) in [5.74, 6) is 5.08. The van der Waals surface area contributed by atoms with Crippen molar-refractivity contribution >= 4 is 38.9 Å². The SMILES string of the molecule is Cc1ccc(C(NN)c2ccc(Br)c(Cl)c2F)s1. The van der Waals surface area contributed by atoms with Gasteiger partial charge in [0, 0.05) is 19.8 Å². The predicted molar refractivity (Wildman–Crippen MR) is 77.3 cm³/mol. The van der Waals surface area contributed by atoms with Crippen molar-refractivity contribution in [2.75, 3.05) is 0 Å². The number of benzene rings is 1. The quantitative estimate of drug-likeness (QED) is 0.496. The fourth-order valence-corrected chi connectivity index (χ4v) is 3.13.